The molecule has 0 aromatic heterocycles. The molecule has 27 heavy (non-hydrogen) atoms. The first-order chi connectivity index (χ1) is 12.7. The SMILES string of the molecule is Cc1ccc(C)c(N2C(=O)N(Cc3cccc(F)c3)[C@@H]3CS(=O)(=O)C[C@@H]32)c1. The summed E-state index contributed by atoms with van der Waals surface area (Å²) in [6.07, 6.45) is 0. The highest BCUT2D eigenvalue weighted by atomic mass is 32.2. The second kappa shape index (κ2) is 6.34. The van der Waals surface area contributed by atoms with E-state index in [1.807, 2.05) is 32.0 Å². The number of hydrogen-bond donors (Lipinski definition) is 0. The van der Waals surface area contributed by atoms with Gasteiger partial charge in [0.2, 0.25) is 0 Å². The molecular formula is C20H21FN2O3S. The van der Waals surface area contributed by atoms with Gasteiger partial charge in [-0.2, -0.15) is 0 Å². The zero-order valence-electron chi connectivity index (χ0n) is 15.2. The van der Waals surface area contributed by atoms with Gasteiger partial charge in [0.05, 0.1) is 23.6 Å². The van der Waals surface area contributed by atoms with Crippen LogP contribution in [0.2, 0.25) is 0 Å². The molecule has 0 aliphatic carbocycles. The van der Waals surface area contributed by atoms with Gasteiger partial charge in [-0.05, 0) is 48.7 Å². The van der Waals surface area contributed by atoms with E-state index in [1.54, 1.807) is 21.9 Å². The molecule has 2 amide bonds. The van der Waals surface area contributed by atoms with Crippen molar-refractivity contribution in [3.63, 3.8) is 0 Å². The second-order valence-corrected chi connectivity index (χ2v) is 9.57. The minimum atomic E-state index is -3.24. The largest absolute Gasteiger partial charge is 0.325 e. The fraction of sp³-hybridized carbons (Fsp3) is 0.350. The molecule has 7 heteroatoms. The van der Waals surface area contributed by atoms with Gasteiger partial charge < -0.3 is 4.90 Å². The molecule has 2 aromatic rings. The summed E-state index contributed by atoms with van der Waals surface area (Å²) >= 11 is 0. The molecular weight excluding hydrogens is 367 g/mol. The highest BCUT2D eigenvalue weighted by Gasteiger charge is 2.54. The van der Waals surface area contributed by atoms with Gasteiger partial charge in [-0.1, -0.05) is 24.3 Å². The van der Waals surface area contributed by atoms with Crippen LogP contribution in [0.3, 0.4) is 0 Å². The van der Waals surface area contributed by atoms with Gasteiger partial charge in [0.1, 0.15) is 5.82 Å². The summed E-state index contributed by atoms with van der Waals surface area (Å²) in [5.41, 5.74) is 3.32. The molecule has 5 nitrogen and oxygen atoms in total. The maximum absolute atomic E-state index is 13.6. The summed E-state index contributed by atoms with van der Waals surface area (Å²) in [6.45, 7) is 4.04. The Balaban J connectivity index is 1.75. The third-order valence-electron chi connectivity index (χ3n) is 5.34. The Morgan fingerprint density at radius 3 is 2.56 bits per heavy atom. The molecule has 2 saturated heterocycles. The zero-order chi connectivity index (χ0) is 19.3. The molecule has 0 spiro atoms. The number of urea groups is 1. The number of carbonyl (C=O) groups excluding carboxylic acids is 1. The van der Waals surface area contributed by atoms with Gasteiger partial charge in [-0.25, -0.2) is 17.6 Å². The summed E-state index contributed by atoms with van der Waals surface area (Å²) < 4.78 is 38.2. The Bertz CT molecular complexity index is 1020. The van der Waals surface area contributed by atoms with Gasteiger partial charge in [-0.15, -0.1) is 0 Å². The first-order valence-corrected chi connectivity index (χ1v) is 10.7. The second-order valence-electron chi connectivity index (χ2n) is 7.41. The molecule has 0 saturated carbocycles. The molecule has 0 radical (unpaired) electrons. The minimum absolute atomic E-state index is 0.0452. The number of rotatable bonds is 3. The van der Waals surface area contributed by atoms with Gasteiger partial charge >= 0.3 is 6.03 Å². The number of carbonyl (C=O) groups is 1. The van der Waals surface area contributed by atoms with Crippen molar-refractivity contribution >= 4 is 21.6 Å². The Kier molecular flexibility index (Phi) is 4.22. The van der Waals surface area contributed by atoms with Crippen LogP contribution in [-0.2, 0) is 16.4 Å². The summed E-state index contributed by atoms with van der Waals surface area (Å²) in [4.78, 5) is 16.4. The van der Waals surface area contributed by atoms with Crippen molar-refractivity contribution in [3.05, 3.63) is 65.0 Å². The van der Waals surface area contributed by atoms with Crippen molar-refractivity contribution in [2.45, 2.75) is 32.5 Å². The molecule has 142 valence electrons. The molecule has 2 heterocycles. The highest BCUT2D eigenvalue weighted by molar-refractivity contribution is 7.91. The van der Waals surface area contributed by atoms with Crippen LogP contribution in [0.5, 0.6) is 0 Å². The van der Waals surface area contributed by atoms with Crippen molar-refractivity contribution in [1.29, 1.82) is 0 Å². The number of hydrogen-bond acceptors (Lipinski definition) is 3. The first kappa shape index (κ1) is 18.0. The van der Waals surface area contributed by atoms with Gasteiger partial charge in [0.15, 0.2) is 9.84 Å². The predicted octanol–water partition coefficient (Wildman–Crippen LogP) is 3.05. The van der Waals surface area contributed by atoms with E-state index in [1.165, 1.54) is 12.1 Å². The van der Waals surface area contributed by atoms with Gasteiger partial charge in [0, 0.05) is 12.2 Å². The minimum Gasteiger partial charge on any atom is -0.314 e. The maximum Gasteiger partial charge on any atom is 0.325 e. The lowest BCUT2D eigenvalue weighted by Crippen LogP contribution is -2.38. The Morgan fingerprint density at radius 2 is 1.81 bits per heavy atom. The quantitative estimate of drug-likeness (QED) is 0.760. The standard InChI is InChI=1S/C20H21FN2O3S/c1-13-6-7-14(2)17(8-13)23-19-12-27(25,26)11-18(19)22(20(23)24)10-15-4-3-5-16(21)9-15/h3-9,18-19H,10-12H2,1-2H3/t18-,19+/m1/s1. The highest BCUT2D eigenvalue weighted by Crippen LogP contribution is 2.37. The summed E-state index contributed by atoms with van der Waals surface area (Å²) in [6, 6.07) is 10.8. The normalized spacial score (nSPS) is 23.7. The van der Waals surface area contributed by atoms with Crippen LogP contribution < -0.4 is 4.90 Å². The molecule has 2 aliphatic heterocycles. The van der Waals surface area contributed by atoms with E-state index in [-0.39, 0.29) is 29.9 Å². The number of benzene rings is 2. The van der Waals surface area contributed by atoms with Crippen molar-refractivity contribution in [1.82, 2.24) is 4.90 Å². The third-order valence-corrected chi connectivity index (χ3v) is 7.04. The molecule has 0 bridgehead atoms. The van der Waals surface area contributed by atoms with E-state index in [9.17, 15) is 17.6 Å². The summed E-state index contributed by atoms with van der Waals surface area (Å²) in [7, 11) is -3.24. The number of halogens is 1. The number of anilines is 1. The van der Waals surface area contributed by atoms with Crippen LogP contribution in [0.25, 0.3) is 0 Å². The number of sulfone groups is 1. The lowest BCUT2D eigenvalue weighted by atomic mass is 10.1. The average molecular weight is 388 g/mol. The number of aryl methyl sites for hydroxylation is 2. The topological polar surface area (TPSA) is 57.7 Å². The Morgan fingerprint density at radius 1 is 1.07 bits per heavy atom. The Hall–Kier alpha value is -2.41. The van der Waals surface area contributed by atoms with E-state index in [0.29, 0.717) is 5.56 Å². The zero-order valence-corrected chi connectivity index (χ0v) is 16.0. The van der Waals surface area contributed by atoms with Crippen LogP contribution in [0, 0.1) is 19.7 Å². The molecule has 2 aromatic carbocycles. The van der Waals surface area contributed by atoms with Gasteiger partial charge in [-0.3, -0.25) is 4.90 Å². The average Bonchev–Trinajstić information content (AvgIpc) is 3.01. The number of nitrogens with zero attached hydrogens (tertiary/aromatic N) is 2. The predicted molar refractivity (Wildman–Crippen MR) is 102 cm³/mol. The maximum atomic E-state index is 13.6. The lowest BCUT2D eigenvalue weighted by molar-refractivity contribution is 0.205. The molecule has 2 fully saturated rings. The van der Waals surface area contributed by atoms with Crippen LogP contribution in [-0.4, -0.2) is 42.9 Å². The smallest absolute Gasteiger partial charge is 0.314 e. The number of amides is 2. The fourth-order valence-corrected chi connectivity index (χ4v) is 6.00. The van der Waals surface area contributed by atoms with Crippen LogP contribution >= 0.6 is 0 Å². The molecule has 4 rings (SSSR count). The third kappa shape index (κ3) is 3.20. The molecule has 2 atom stereocenters. The van der Waals surface area contributed by atoms with Crippen molar-refractivity contribution < 1.29 is 17.6 Å². The summed E-state index contributed by atoms with van der Waals surface area (Å²) in [5, 5.41) is 0. The van der Waals surface area contributed by atoms with Crippen molar-refractivity contribution in [3.8, 4) is 0 Å². The summed E-state index contributed by atoms with van der Waals surface area (Å²) in [5.74, 6) is -0.475. The van der Waals surface area contributed by atoms with E-state index >= 15 is 0 Å². The van der Waals surface area contributed by atoms with E-state index < -0.39 is 21.9 Å². The fourth-order valence-electron chi connectivity index (χ4n) is 4.05. The Labute approximate surface area is 158 Å². The van der Waals surface area contributed by atoms with Gasteiger partial charge in [0.25, 0.3) is 0 Å². The van der Waals surface area contributed by atoms with Crippen molar-refractivity contribution in [2.24, 2.45) is 0 Å². The molecule has 0 unspecified atom stereocenters. The van der Waals surface area contributed by atoms with Crippen molar-refractivity contribution in [2.75, 3.05) is 16.4 Å². The first-order valence-electron chi connectivity index (χ1n) is 8.87. The molecule has 2 aliphatic rings. The van der Waals surface area contributed by atoms with E-state index in [2.05, 4.69) is 0 Å². The molecule has 0 N–H and O–H groups in total. The van der Waals surface area contributed by atoms with Crippen LogP contribution in [0.4, 0.5) is 14.9 Å². The van der Waals surface area contributed by atoms with Crippen LogP contribution in [0.1, 0.15) is 16.7 Å². The van der Waals surface area contributed by atoms with E-state index in [4.69, 9.17) is 0 Å². The van der Waals surface area contributed by atoms with Crippen LogP contribution in [0.15, 0.2) is 42.5 Å². The number of fused-ring (bicyclic) bond motifs is 1. The van der Waals surface area contributed by atoms with E-state index in [0.717, 1.165) is 16.8 Å². The monoisotopic (exact) mass is 388 g/mol. The lowest BCUT2D eigenvalue weighted by Gasteiger charge is -2.24.